The molecule has 2 aliphatic rings. The Morgan fingerprint density at radius 3 is 2.31 bits per heavy atom. The Hall–Kier alpha value is -3.91. The van der Waals surface area contributed by atoms with E-state index in [1.54, 1.807) is 14.2 Å². The molecule has 0 spiro atoms. The Labute approximate surface area is 210 Å². The Morgan fingerprint density at radius 2 is 1.61 bits per heavy atom. The van der Waals surface area contributed by atoms with E-state index in [9.17, 15) is 4.79 Å². The molecule has 188 valence electrons. The van der Waals surface area contributed by atoms with Crippen LogP contribution in [0, 0.1) is 0 Å². The molecule has 0 saturated carbocycles. The monoisotopic (exact) mass is 491 g/mol. The van der Waals surface area contributed by atoms with E-state index < -0.39 is 6.10 Å². The molecule has 1 fully saturated rings. The van der Waals surface area contributed by atoms with E-state index >= 15 is 0 Å². The van der Waals surface area contributed by atoms with Crippen molar-refractivity contribution in [1.29, 1.82) is 0 Å². The predicted octanol–water partition coefficient (Wildman–Crippen LogP) is 4.57. The highest BCUT2D eigenvalue weighted by atomic mass is 16.5. The van der Waals surface area contributed by atoms with Crippen LogP contribution in [0.1, 0.15) is 39.2 Å². The molecule has 0 bridgehead atoms. The second-order valence-corrected chi connectivity index (χ2v) is 8.53. The zero-order valence-electron chi connectivity index (χ0n) is 20.8. The van der Waals surface area contributed by atoms with Gasteiger partial charge >= 0.3 is 0 Å². The summed E-state index contributed by atoms with van der Waals surface area (Å²) in [4.78, 5) is 15.4. The van der Waals surface area contributed by atoms with Gasteiger partial charge in [0.2, 0.25) is 5.75 Å². The molecular formula is C28H29NO7. The van der Waals surface area contributed by atoms with Gasteiger partial charge in [0.15, 0.2) is 23.0 Å². The Bertz CT molecular complexity index is 1260. The van der Waals surface area contributed by atoms with Crippen molar-refractivity contribution < 1.29 is 33.2 Å². The van der Waals surface area contributed by atoms with Gasteiger partial charge in [-0.3, -0.25) is 4.79 Å². The molecule has 0 radical (unpaired) electrons. The first-order chi connectivity index (χ1) is 17.6. The number of methoxy groups -OCH3 is 4. The van der Waals surface area contributed by atoms with Gasteiger partial charge < -0.3 is 33.3 Å². The predicted molar refractivity (Wildman–Crippen MR) is 132 cm³/mol. The summed E-state index contributed by atoms with van der Waals surface area (Å²) in [5.74, 6) is 2.37. The molecule has 0 N–H and O–H groups in total. The van der Waals surface area contributed by atoms with Crippen LogP contribution >= 0.6 is 0 Å². The van der Waals surface area contributed by atoms with Crippen LogP contribution in [0.4, 0.5) is 0 Å². The fourth-order valence-electron chi connectivity index (χ4n) is 5.00. The average molecular weight is 492 g/mol. The van der Waals surface area contributed by atoms with Crippen LogP contribution in [-0.4, -0.2) is 52.4 Å². The fourth-order valence-corrected chi connectivity index (χ4v) is 5.00. The average Bonchev–Trinajstić information content (AvgIpc) is 3.22. The molecule has 3 aromatic rings. The molecule has 0 unspecified atom stereocenters. The van der Waals surface area contributed by atoms with E-state index in [0.717, 1.165) is 16.7 Å². The van der Waals surface area contributed by atoms with Crippen LogP contribution in [0.15, 0.2) is 54.6 Å². The lowest BCUT2D eigenvalue weighted by molar-refractivity contribution is -0.0571. The molecule has 3 aromatic carbocycles. The highest BCUT2D eigenvalue weighted by molar-refractivity contribution is 6.03. The van der Waals surface area contributed by atoms with E-state index in [-0.39, 0.29) is 11.9 Å². The second-order valence-electron chi connectivity index (χ2n) is 8.53. The van der Waals surface area contributed by atoms with Crippen LogP contribution in [0.2, 0.25) is 0 Å². The van der Waals surface area contributed by atoms with E-state index in [4.69, 9.17) is 28.4 Å². The summed E-state index contributed by atoms with van der Waals surface area (Å²) >= 11 is 0. The lowest BCUT2D eigenvalue weighted by Crippen LogP contribution is -2.40. The van der Waals surface area contributed by atoms with Crippen molar-refractivity contribution in [3.05, 3.63) is 76.9 Å². The zero-order chi connectivity index (χ0) is 25.2. The topological polar surface area (TPSA) is 75.7 Å². The van der Waals surface area contributed by atoms with Gasteiger partial charge in [-0.25, -0.2) is 0 Å². The Balaban J connectivity index is 1.54. The number of hydrogen-bond donors (Lipinski definition) is 0. The van der Waals surface area contributed by atoms with Gasteiger partial charge in [-0.1, -0.05) is 36.4 Å². The lowest BCUT2D eigenvalue weighted by atomic mass is 9.93. The third-order valence-electron chi connectivity index (χ3n) is 6.66. The molecule has 8 heteroatoms. The summed E-state index contributed by atoms with van der Waals surface area (Å²) in [6.45, 7) is 1.27. The number of fused-ring (bicyclic) bond motifs is 3. The molecule has 8 nitrogen and oxygen atoms in total. The third-order valence-corrected chi connectivity index (χ3v) is 6.66. The second kappa shape index (κ2) is 9.99. The van der Waals surface area contributed by atoms with Gasteiger partial charge in [0.1, 0.15) is 12.7 Å². The summed E-state index contributed by atoms with van der Waals surface area (Å²) in [6.07, 6.45) is -0.420. The van der Waals surface area contributed by atoms with Gasteiger partial charge in [0.25, 0.3) is 5.91 Å². The van der Waals surface area contributed by atoms with Crippen molar-refractivity contribution in [2.24, 2.45) is 0 Å². The van der Waals surface area contributed by atoms with Crippen molar-refractivity contribution >= 4 is 5.91 Å². The van der Waals surface area contributed by atoms with Crippen molar-refractivity contribution in [1.82, 2.24) is 4.90 Å². The number of nitrogens with zero attached hydrogens (tertiary/aromatic N) is 1. The molecule has 1 amide bonds. The van der Waals surface area contributed by atoms with E-state index in [1.807, 2.05) is 59.5 Å². The van der Waals surface area contributed by atoms with Crippen LogP contribution in [0.25, 0.3) is 0 Å². The minimum Gasteiger partial charge on any atom is -0.493 e. The summed E-state index contributed by atoms with van der Waals surface area (Å²) in [7, 11) is 6.23. The Kier molecular flexibility index (Phi) is 6.61. The maximum Gasteiger partial charge on any atom is 0.258 e. The first-order valence-corrected chi connectivity index (χ1v) is 11.7. The van der Waals surface area contributed by atoms with E-state index in [1.165, 1.54) is 14.2 Å². The maximum absolute atomic E-state index is 13.5. The minimum absolute atomic E-state index is 0.116. The molecule has 1 saturated heterocycles. The molecule has 2 atom stereocenters. The van der Waals surface area contributed by atoms with Gasteiger partial charge in [0, 0.05) is 6.54 Å². The third kappa shape index (κ3) is 3.97. The summed E-state index contributed by atoms with van der Waals surface area (Å²) in [5.41, 5.74) is 3.18. The largest absolute Gasteiger partial charge is 0.493 e. The summed E-state index contributed by atoms with van der Waals surface area (Å²) < 4.78 is 34.7. The first kappa shape index (κ1) is 23.8. The van der Waals surface area contributed by atoms with Crippen molar-refractivity contribution in [2.75, 3.05) is 41.6 Å². The maximum atomic E-state index is 13.5. The smallest absolute Gasteiger partial charge is 0.258 e. The number of hydrogen-bond acceptors (Lipinski definition) is 7. The van der Waals surface area contributed by atoms with Crippen LogP contribution in [0.3, 0.4) is 0 Å². The molecule has 36 heavy (non-hydrogen) atoms. The summed E-state index contributed by atoms with van der Waals surface area (Å²) in [6, 6.07) is 17.2. The van der Waals surface area contributed by atoms with Crippen LogP contribution < -0.4 is 23.7 Å². The van der Waals surface area contributed by atoms with Crippen molar-refractivity contribution in [2.45, 2.75) is 18.8 Å². The van der Waals surface area contributed by atoms with E-state index in [2.05, 4.69) is 0 Å². The van der Waals surface area contributed by atoms with Gasteiger partial charge in [-0.15, -0.1) is 0 Å². The quantitative estimate of drug-likeness (QED) is 0.457. The SMILES string of the molecule is COc1ccc([C@H]2OCCN3C(=O)c4c(cc(OC)c(OC)c4OC)[C@H]23)cc1OCc1ccccc1. The molecule has 5 rings (SSSR count). The number of benzene rings is 3. The standard InChI is InChI=1S/C28H29NO7/c1-31-20-11-10-18(14-21(20)36-16-17-8-6-5-7-9-17)25-24-19-15-22(32-2)26(33-3)27(34-4)23(19)28(30)29(24)12-13-35-25/h5-11,14-15,24-25H,12-13,16H2,1-4H3/t24-,25-/m1/s1. The summed E-state index contributed by atoms with van der Waals surface area (Å²) in [5, 5.41) is 0. The number of rotatable bonds is 8. The minimum atomic E-state index is -0.420. The van der Waals surface area contributed by atoms with Gasteiger partial charge in [-0.05, 0) is 34.9 Å². The van der Waals surface area contributed by atoms with Gasteiger partial charge in [-0.2, -0.15) is 0 Å². The molecule has 2 heterocycles. The number of ether oxygens (including phenoxy) is 6. The van der Waals surface area contributed by atoms with Crippen molar-refractivity contribution in [3.8, 4) is 28.7 Å². The number of carbonyl (C=O) groups is 1. The van der Waals surface area contributed by atoms with Crippen molar-refractivity contribution in [3.63, 3.8) is 0 Å². The Morgan fingerprint density at radius 1 is 0.861 bits per heavy atom. The number of morpholine rings is 1. The highest BCUT2D eigenvalue weighted by Gasteiger charge is 2.48. The molecule has 0 aromatic heterocycles. The number of amides is 1. The van der Waals surface area contributed by atoms with Crippen LogP contribution in [0.5, 0.6) is 28.7 Å². The zero-order valence-corrected chi connectivity index (χ0v) is 20.8. The molecule has 0 aliphatic carbocycles. The van der Waals surface area contributed by atoms with Crippen LogP contribution in [-0.2, 0) is 11.3 Å². The first-order valence-electron chi connectivity index (χ1n) is 11.7. The number of carbonyl (C=O) groups excluding carboxylic acids is 1. The highest BCUT2D eigenvalue weighted by Crippen LogP contribution is 2.53. The molecule has 2 aliphatic heterocycles. The van der Waals surface area contributed by atoms with E-state index in [0.29, 0.717) is 54.1 Å². The lowest BCUT2D eigenvalue weighted by Gasteiger charge is -2.37. The van der Waals surface area contributed by atoms with Gasteiger partial charge in [0.05, 0.1) is 46.7 Å². The fraction of sp³-hybridized carbons (Fsp3) is 0.321. The normalized spacial score (nSPS) is 18.3. The molecular weight excluding hydrogens is 462 g/mol.